The Kier molecular flexibility index (Phi) is 5.30. The van der Waals surface area contributed by atoms with Crippen LogP contribution in [0.5, 0.6) is 0 Å². The zero-order valence-electron chi connectivity index (χ0n) is 17.0. The zero-order valence-corrected chi connectivity index (χ0v) is 17.0. The second-order valence-corrected chi connectivity index (χ2v) is 7.18. The Morgan fingerprint density at radius 1 is 1.15 bits per heavy atom. The third-order valence-corrected chi connectivity index (χ3v) is 4.86. The summed E-state index contributed by atoms with van der Waals surface area (Å²) in [6, 6.07) is 4.14. The lowest BCUT2D eigenvalue weighted by molar-refractivity contribution is 0.0953. The molecule has 0 aliphatic carbocycles. The van der Waals surface area contributed by atoms with Crippen molar-refractivity contribution < 1.29 is 4.79 Å². The van der Waals surface area contributed by atoms with E-state index in [0.29, 0.717) is 12.1 Å². The highest BCUT2D eigenvalue weighted by atomic mass is 16.1. The summed E-state index contributed by atoms with van der Waals surface area (Å²) in [5, 5.41) is 12.9. The number of rotatable bonds is 6. The number of hydrogen-bond donors (Lipinski definition) is 1. The van der Waals surface area contributed by atoms with E-state index in [0.717, 1.165) is 46.8 Å². The molecule has 27 heavy (non-hydrogen) atoms. The third-order valence-electron chi connectivity index (χ3n) is 4.86. The second-order valence-electron chi connectivity index (χ2n) is 7.18. The molecule has 0 fully saturated rings. The summed E-state index contributed by atoms with van der Waals surface area (Å²) in [6.45, 7) is 13.3. The lowest BCUT2D eigenvalue weighted by Crippen LogP contribution is -2.27. The maximum Gasteiger partial charge on any atom is 0.252 e. The second kappa shape index (κ2) is 7.50. The fourth-order valence-corrected chi connectivity index (χ4v) is 3.58. The quantitative estimate of drug-likeness (QED) is 0.724. The van der Waals surface area contributed by atoms with Gasteiger partial charge in [0.2, 0.25) is 0 Å². The van der Waals surface area contributed by atoms with Crippen LogP contribution in [0, 0.1) is 27.7 Å². The normalized spacial score (nSPS) is 12.5. The van der Waals surface area contributed by atoms with Gasteiger partial charge in [0, 0.05) is 24.5 Å². The lowest BCUT2D eigenvalue weighted by atomic mass is 10.1. The molecule has 0 aromatic carbocycles. The van der Waals surface area contributed by atoms with Crippen LogP contribution in [0.4, 0.5) is 0 Å². The fraction of sp³-hybridized carbons (Fsp3) is 0.500. The van der Waals surface area contributed by atoms with E-state index in [9.17, 15) is 4.79 Å². The zero-order chi connectivity index (χ0) is 19.7. The molecule has 1 atom stereocenters. The van der Waals surface area contributed by atoms with E-state index >= 15 is 0 Å². The van der Waals surface area contributed by atoms with Gasteiger partial charge < -0.3 is 5.32 Å². The maximum absolute atomic E-state index is 12.9. The summed E-state index contributed by atoms with van der Waals surface area (Å²) >= 11 is 0. The highest BCUT2D eigenvalue weighted by Crippen LogP contribution is 2.22. The van der Waals surface area contributed by atoms with Crippen molar-refractivity contribution in [1.82, 2.24) is 29.9 Å². The molecular formula is C20H28N6O. The number of aryl methyl sites for hydroxylation is 5. The Morgan fingerprint density at radius 3 is 2.52 bits per heavy atom. The first-order chi connectivity index (χ1) is 12.8. The van der Waals surface area contributed by atoms with Crippen LogP contribution in [0.3, 0.4) is 0 Å². The van der Waals surface area contributed by atoms with E-state index in [1.165, 1.54) is 0 Å². The van der Waals surface area contributed by atoms with Crippen molar-refractivity contribution >= 4 is 16.9 Å². The van der Waals surface area contributed by atoms with Crippen molar-refractivity contribution in [3.8, 4) is 0 Å². The molecule has 1 N–H and O–H groups in total. The van der Waals surface area contributed by atoms with Gasteiger partial charge in [-0.3, -0.25) is 9.48 Å². The largest absolute Gasteiger partial charge is 0.352 e. The first-order valence-electron chi connectivity index (χ1n) is 9.47. The van der Waals surface area contributed by atoms with Crippen LogP contribution in [-0.4, -0.2) is 37.0 Å². The summed E-state index contributed by atoms with van der Waals surface area (Å²) in [4.78, 5) is 17.4. The van der Waals surface area contributed by atoms with Gasteiger partial charge in [-0.05, 0) is 60.1 Å². The van der Waals surface area contributed by atoms with E-state index in [4.69, 9.17) is 0 Å². The Hall–Kier alpha value is -2.70. The Balaban J connectivity index is 1.75. The number of pyridine rings is 1. The third kappa shape index (κ3) is 3.72. The van der Waals surface area contributed by atoms with Crippen LogP contribution in [0.1, 0.15) is 59.4 Å². The Bertz CT molecular complexity index is 984. The molecule has 0 spiro atoms. The molecule has 1 unspecified atom stereocenters. The first-order valence-corrected chi connectivity index (χ1v) is 9.47. The molecule has 0 saturated carbocycles. The smallest absolute Gasteiger partial charge is 0.252 e. The van der Waals surface area contributed by atoms with Crippen molar-refractivity contribution in [2.45, 2.75) is 60.5 Å². The minimum absolute atomic E-state index is 0.0789. The van der Waals surface area contributed by atoms with Gasteiger partial charge in [0.25, 0.3) is 5.91 Å². The van der Waals surface area contributed by atoms with Crippen LogP contribution in [-0.2, 0) is 6.54 Å². The van der Waals surface area contributed by atoms with E-state index in [-0.39, 0.29) is 11.9 Å². The van der Waals surface area contributed by atoms with Gasteiger partial charge in [-0.15, -0.1) is 0 Å². The SMILES string of the molecule is CCn1nc(C)c2c(C(=O)NCCC(C)n3nc(C)cc3C)cc(C)nc21. The average Bonchev–Trinajstić information content (AvgIpc) is 3.12. The van der Waals surface area contributed by atoms with E-state index < -0.39 is 0 Å². The van der Waals surface area contributed by atoms with Crippen molar-refractivity contribution in [3.05, 3.63) is 40.5 Å². The number of aromatic nitrogens is 5. The topological polar surface area (TPSA) is 77.6 Å². The number of nitrogens with zero attached hydrogens (tertiary/aromatic N) is 5. The molecule has 0 saturated heterocycles. The monoisotopic (exact) mass is 368 g/mol. The summed E-state index contributed by atoms with van der Waals surface area (Å²) in [7, 11) is 0. The first kappa shape index (κ1) is 19.1. The molecule has 0 radical (unpaired) electrons. The number of nitrogens with one attached hydrogen (secondary N) is 1. The number of carbonyl (C=O) groups is 1. The maximum atomic E-state index is 12.9. The highest BCUT2D eigenvalue weighted by molar-refractivity contribution is 6.06. The van der Waals surface area contributed by atoms with E-state index in [1.54, 1.807) is 0 Å². The lowest BCUT2D eigenvalue weighted by Gasteiger charge is -2.15. The van der Waals surface area contributed by atoms with Crippen LogP contribution in [0.2, 0.25) is 0 Å². The van der Waals surface area contributed by atoms with E-state index in [1.807, 2.05) is 43.1 Å². The molecule has 3 heterocycles. The molecule has 3 aromatic heterocycles. The minimum Gasteiger partial charge on any atom is -0.352 e. The number of carbonyl (C=O) groups excluding carboxylic acids is 1. The van der Waals surface area contributed by atoms with Crippen molar-refractivity contribution in [2.24, 2.45) is 0 Å². The number of amides is 1. The molecule has 3 aromatic rings. The molecular weight excluding hydrogens is 340 g/mol. The van der Waals surface area contributed by atoms with Crippen molar-refractivity contribution in [1.29, 1.82) is 0 Å². The van der Waals surface area contributed by atoms with Gasteiger partial charge in [-0.2, -0.15) is 10.2 Å². The van der Waals surface area contributed by atoms with Crippen molar-refractivity contribution in [2.75, 3.05) is 6.54 Å². The van der Waals surface area contributed by atoms with Crippen LogP contribution in [0.15, 0.2) is 12.1 Å². The summed E-state index contributed by atoms with van der Waals surface area (Å²) in [6.07, 6.45) is 0.814. The molecule has 7 heteroatoms. The summed E-state index contributed by atoms with van der Waals surface area (Å²) in [5.74, 6) is -0.0789. The Labute approximate surface area is 159 Å². The van der Waals surface area contributed by atoms with Crippen LogP contribution >= 0.6 is 0 Å². The molecule has 7 nitrogen and oxygen atoms in total. The van der Waals surface area contributed by atoms with Gasteiger partial charge in [-0.1, -0.05) is 0 Å². The summed E-state index contributed by atoms with van der Waals surface area (Å²) in [5.41, 5.74) is 5.23. The van der Waals surface area contributed by atoms with Gasteiger partial charge >= 0.3 is 0 Å². The van der Waals surface area contributed by atoms with E-state index in [2.05, 4.69) is 40.4 Å². The predicted molar refractivity (Wildman–Crippen MR) is 106 cm³/mol. The average molecular weight is 368 g/mol. The molecule has 0 aliphatic rings. The fourth-order valence-electron chi connectivity index (χ4n) is 3.58. The highest BCUT2D eigenvalue weighted by Gasteiger charge is 2.18. The van der Waals surface area contributed by atoms with Gasteiger partial charge in [0.05, 0.1) is 28.4 Å². The van der Waals surface area contributed by atoms with Gasteiger partial charge in [0.1, 0.15) is 0 Å². The number of hydrogen-bond acceptors (Lipinski definition) is 4. The summed E-state index contributed by atoms with van der Waals surface area (Å²) < 4.78 is 3.87. The Morgan fingerprint density at radius 2 is 1.89 bits per heavy atom. The molecule has 144 valence electrons. The molecule has 3 rings (SSSR count). The standard InChI is InChI=1S/C20H28N6O/c1-7-25-19-18(16(6)24-25)17(11-12(2)22-19)20(27)21-9-8-14(4)26-15(5)10-13(3)23-26/h10-11,14H,7-9H2,1-6H3,(H,21,27). The minimum atomic E-state index is -0.0789. The molecule has 0 aliphatic heterocycles. The molecule has 1 amide bonds. The van der Waals surface area contributed by atoms with Gasteiger partial charge in [0.15, 0.2) is 5.65 Å². The molecule has 0 bridgehead atoms. The predicted octanol–water partition coefficient (Wildman–Crippen LogP) is 3.26. The van der Waals surface area contributed by atoms with Crippen LogP contribution < -0.4 is 5.32 Å². The van der Waals surface area contributed by atoms with Crippen molar-refractivity contribution in [3.63, 3.8) is 0 Å². The van der Waals surface area contributed by atoms with Gasteiger partial charge in [-0.25, -0.2) is 9.67 Å². The number of fused-ring (bicyclic) bond motifs is 1. The van der Waals surface area contributed by atoms with Crippen LogP contribution in [0.25, 0.3) is 11.0 Å².